The van der Waals surface area contributed by atoms with E-state index in [1.807, 2.05) is 0 Å². The van der Waals surface area contributed by atoms with Crippen molar-refractivity contribution in [3.63, 3.8) is 0 Å². The number of hydrogen-bond donors (Lipinski definition) is 1. The first-order valence-electron chi connectivity index (χ1n) is 9.06. The fourth-order valence-electron chi connectivity index (χ4n) is 3.22. The van der Waals surface area contributed by atoms with E-state index in [0.717, 1.165) is 12.1 Å². The van der Waals surface area contributed by atoms with Crippen molar-refractivity contribution >= 4 is 27.6 Å². The molecule has 1 amide bonds. The van der Waals surface area contributed by atoms with Gasteiger partial charge in [0.05, 0.1) is 23.5 Å². The van der Waals surface area contributed by atoms with Crippen LogP contribution in [0.4, 0.5) is 10.1 Å². The molecule has 1 N–H and O–H groups in total. The number of rotatable bonds is 5. The quantitative estimate of drug-likeness (QED) is 0.751. The van der Waals surface area contributed by atoms with Gasteiger partial charge >= 0.3 is 5.97 Å². The summed E-state index contributed by atoms with van der Waals surface area (Å²) < 4.78 is 44.6. The molecule has 0 bridgehead atoms. The van der Waals surface area contributed by atoms with Crippen molar-refractivity contribution < 1.29 is 27.1 Å². The normalized spacial score (nSPS) is 17.5. The lowest BCUT2D eigenvalue weighted by atomic mass is 9.98. The van der Waals surface area contributed by atoms with Gasteiger partial charge in [0.2, 0.25) is 15.9 Å². The minimum atomic E-state index is -3.81. The van der Waals surface area contributed by atoms with Crippen molar-refractivity contribution in [2.45, 2.75) is 17.7 Å². The van der Waals surface area contributed by atoms with Crippen molar-refractivity contribution in [1.29, 1.82) is 0 Å². The Morgan fingerprint density at radius 3 is 2.59 bits per heavy atom. The molecule has 1 heterocycles. The Balaban J connectivity index is 1.71. The standard InChI is InChI=1S/C20H21FN2O5S/c1-28-20(25)14-4-2-6-17(12-14)22-19(24)15-5-3-11-23(13-15)29(26,27)18-9-7-16(21)8-10-18/h2,4,6-10,12,15H,3,5,11,13H2,1H3,(H,22,24)/t15-/m0/s1. The Labute approximate surface area is 168 Å². The number of piperidine rings is 1. The molecule has 2 aromatic carbocycles. The molecular weight excluding hydrogens is 399 g/mol. The van der Waals surface area contributed by atoms with Crippen molar-refractivity contribution in [3.8, 4) is 0 Å². The highest BCUT2D eigenvalue weighted by Gasteiger charge is 2.33. The fourth-order valence-corrected chi connectivity index (χ4v) is 4.74. The predicted octanol–water partition coefficient (Wildman–Crippen LogP) is 2.65. The first kappa shape index (κ1) is 20.9. The maximum Gasteiger partial charge on any atom is 0.337 e. The molecule has 1 saturated heterocycles. The second-order valence-electron chi connectivity index (χ2n) is 6.72. The number of benzene rings is 2. The van der Waals surface area contributed by atoms with E-state index in [4.69, 9.17) is 0 Å². The summed E-state index contributed by atoms with van der Waals surface area (Å²) in [6, 6.07) is 10.9. The molecular formula is C20H21FN2O5S. The van der Waals surface area contributed by atoms with Crippen molar-refractivity contribution in [2.75, 3.05) is 25.5 Å². The minimum absolute atomic E-state index is 0.00858. The van der Waals surface area contributed by atoms with Crippen molar-refractivity contribution in [2.24, 2.45) is 5.92 Å². The lowest BCUT2D eigenvalue weighted by Gasteiger charge is -2.31. The van der Waals surface area contributed by atoms with E-state index in [1.54, 1.807) is 18.2 Å². The molecule has 7 nitrogen and oxygen atoms in total. The predicted molar refractivity (Wildman–Crippen MR) is 104 cm³/mol. The molecule has 9 heteroatoms. The molecule has 0 aromatic heterocycles. The molecule has 0 spiro atoms. The first-order valence-corrected chi connectivity index (χ1v) is 10.5. The summed E-state index contributed by atoms with van der Waals surface area (Å²) in [6.45, 7) is 0.323. The maximum absolute atomic E-state index is 13.1. The summed E-state index contributed by atoms with van der Waals surface area (Å²) in [4.78, 5) is 24.3. The third-order valence-electron chi connectivity index (χ3n) is 4.76. The van der Waals surface area contributed by atoms with Gasteiger partial charge in [0, 0.05) is 18.8 Å². The monoisotopic (exact) mass is 420 g/mol. The van der Waals surface area contributed by atoms with Gasteiger partial charge in [0.15, 0.2) is 0 Å². The van der Waals surface area contributed by atoms with Gasteiger partial charge in [-0.15, -0.1) is 0 Å². The van der Waals surface area contributed by atoms with Gasteiger partial charge in [-0.2, -0.15) is 4.31 Å². The molecule has 1 atom stereocenters. The van der Waals surface area contributed by atoms with Crippen LogP contribution in [-0.2, 0) is 19.6 Å². The number of amides is 1. The van der Waals surface area contributed by atoms with Crippen molar-refractivity contribution in [1.82, 2.24) is 4.31 Å². The van der Waals surface area contributed by atoms with Crippen LogP contribution in [0, 0.1) is 11.7 Å². The summed E-state index contributed by atoms with van der Waals surface area (Å²) in [5.74, 6) is -1.91. The fraction of sp³-hybridized carbons (Fsp3) is 0.300. The summed E-state index contributed by atoms with van der Waals surface area (Å²) in [5.41, 5.74) is 0.728. The van der Waals surface area contributed by atoms with Gasteiger partial charge in [0.25, 0.3) is 0 Å². The number of halogens is 1. The minimum Gasteiger partial charge on any atom is -0.465 e. The van der Waals surface area contributed by atoms with Crippen LogP contribution in [0.25, 0.3) is 0 Å². The number of nitrogens with zero attached hydrogens (tertiary/aromatic N) is 1. The van der Waals surface area contributed by atoms with Crippen LogP contribution >= 0.6 is 0 Å². The van der Waals surface area contributed by atoms with Crippen LogP contribution in [-0.4, -0.2) is 44.8 Å². The molecule has 1 aliphatic heterocycles. The number of methoxy groups -OCH3 is 1. The van der Waals surface area contributed by atoms with E-state index in [1.165, 1.54) is 29.6 Å². The Bertz CT molecular complexity index is 1010. The maximum atomic E-state index is 13.1. The summed E-state index contributed by atoms with van der Waals surface area (Å²) >= 11 is 0. The molecule has 0 unspecified atom stereocenters. The van der Waals surface area contributed by atoms with Crippen LogP contribution in [0.15, 0.2) is 53.4 Å². The number of carbonyl (C=O) groups is 2. The Kier molecular flexibility index (Phi) is 6.29. The average Bonchev–Trinajstić information content (AvgIpc) is 2.73. The third-order valence-corrected chi connectivity index (χ3v) is 6.64. The number of ether oxygens (including phenoxy) is 1. The molecule has 0 radical (unpaired) electrons. The van der Waals surface area contributed by atoms with E-state index in [-0.39, 0.29) is 17.3 Å². The van der Waals surface area contributed by atoms with Crippen LogP contribution in [0.2, 0.25) is 0 Å². The lowest BCUT2D eigenvalue weighted by Crippen LogP contribution is -2.43. The van der Waals surface area contributed by atoms with Crippen molar-refractivity contribution in [3.05, 3.63) is 59.9 Å². The number of sulfonamides is 1. The second-order valence-corrected chi connectivity index (χ2v) is 8.66. The first-order chi connectivity index (χ1) is 13.8. The molecule has 154 valence electrons. The molecule has 1 fully saturated rings. The molecule has 3 rings (SSSR count). The molecule has 1 aliphatic rings. The van der Waals surface area contributed by atoms with Gasteiger partial charge in [-0.25, -0.2) is 17.6 Å². The summed E-state index contributed by atoms with van der Waals surface area (Å²) in [7, 11) is -2.54. The highest BCUT2D eigenvalue weighted by Crippen LogP contribution is 2.25. The zero-order valence-corrected chi connectivity index (χ0v) is 16.6. The average molecular weight is 420 g/mol. The van der Waals surface area contributed by atoms with Gasteiger partial charge in [-0.05, 0) is 55.3 Å². The van der Waals surface area contributed by atoms with Crippen LogP contribution < -0.4 is 5.32 Å². The number of carbonyl (C=O) groups excluding carboxylic acids is 2. The van der Waals surface area contributed by atoms with E-state index in [0.29, 0.717) is 30.6 Å². The van der Waals surface area contributed by atoms with Crippen LogP contribution in [0.5, 0.6) is 0 Å². The number of esters is 1. The van der Waals surface area contributed by atoms with E-state index >= 15 is 0 Å². The third kappa shape index (κ3) is 4.80. The highest BCUT2D eigenvalue weighted by molar-refractivity contribution is 7.89. The van der Waals surface area contributed by atoms with Gasteiger partial charge in [0.1, 0.15) is 5.82 Å². The second kappa shape index (κ2) is 8.71. The molecule has 2 aromatic rings. The smallest absolute Gasteiger partial charge is 0.337 e. The van der Waals surface area contributed by atoms with E-state index < -0.39 is 27.7 Å². The summed E-state index contributed by atoms with van der Waals surface area (Å²) in [6.07, 6.45) is 1.07. The summed E-state index contributed by atoms with van der Waals surface area (Å²) in [5, 5.41) is 2.73. The highest BCUT2D eigenvalue weighted by atomic mass is 32.2. The SMILES string of the molecule is COC(=O)c1cccc(NC(=O)[C@H]2CCCN(S(=O)(=O)c3ccc(F)cc3)C2)c1. The number of nitrogens with one attached hydrogen (secondary N) is 1. The Hall–Kier alpha value is -2.78. The van der Waals surface area contributed by atoms with Gasteiger partial charge in [-0.1, -0.05) is 6.07 Å². The van der Waals surface area contributed by atoms with E-state index in [9.17, 15) is 22.4 Å². The Morgan fingerprint density at radius 2 is 1.90 bits per heavy atom. The van der Waals surface area contributed by atoms with Gasteiger partial charge < -0.3 is 10.1 Å². The topological polar surface area (TPSA) is 92.8 Å². The van der Waals surface area contributed by atoms with Gasteiger partial charge in [-0.3, -0.25) is 4.79 Å². The zero-order chi connectivity index (χ0) is 21.0. The molecule has 0 aliphatic carbocycles. The number of anilines is 1. The number of hydrogen-bond acceptors (Lipinski definition) is 5. The molecule has 0 saturated carbocycles. The lowest BCUT2D eigenvalue weighted by molar-refractivity contribution is -0.120. The Morgan fingerprint density at radius 1 is 1.17 bits per heavy atom. The van der Waals surface area contributed by atoms with Crippen LogP contribution in [0.1, 0.15) is 23.2 Å². The zero-order valence-electron chi connectivity index (χ0n) is 15.8. The van der Waals surface area contributed by atoms with Crippen LogP contribution in [0.3, 0.4) is 0 Å². The molecule has 29 heavy (non-hydrogen) atoms. The van der Waals surface area contributed by atoms with E-state index in [2.05, 4.69) is 10.1 Å². The largest absolute Gasteiger partial charge is 0.465 e.